The first-order valence-corrected chi connectivity index (χ1v) is 33.7. The van der Waals surface area contributed by atoms with Gasteiger partial charge in [0.2, 0.25) is 17.7 Å². The molecule has 0 bridgehead atoms. The number of piperazine rings is 2. The number of likely N-dealkylation sites (tertiary alicyclic amines) is 1. The average Bonchev–Trinajstić information content (AvgIpc) is 0.944. The molecule has 7 aromatic carbocycles. The normalized spacial score (nSPS) is 17.3. The lowest BCUT2D eigenvalue weighted by molar-refractivity contribution is -0.154. The van der Waals surface area contributed by atoms with Crippen LogP contribution >= 0.6 is 0 Å². The van der Waals surface area contributed by atoms with Crippen LogP contribution in [0.1, 0.15) is 110 Å². The average molecular weight is 1290 g/mol. The number of nitrogens with zero attached hydrogens (tertiary/aromatic N) is 4. The summed E-state index contributed by atoms with van der Waals surface area (Å²) in [5.74, 6) is -3.75. The van der Waals surface area contributed by atoms with Crippen molar-refractivity contribution in [2.75, 3.05) is 45.8 Å². The van der Waals surface area contributed by atoms with Crippen molar-refractivity contribution in [1.29, 1.82) is 0 Å². The molecule has 0 aromatic heterocycles. The van der Waals surface area contributed by atoms with E-state index in [0.29, 0.717) is 71.2 Å². The topological polar surface area (TPSA) is 218 Å². The minimum Gasteiger partial charge on any atom is -0.480 e. The van der Waals surface area contributed by atoms with E-state index in [-0.39, 0.29) is 17.7 Å². The fourth-order valence-corrected chi connectivity index (χ4v) is 12.4. The van der Waals surface area contributed by atoms with Crippen LogP contribution in [0.15, 0.2) is 212 Å². The molecule has 3 saturated heterocycles. The Kier molecular flexibility index (Phi) is 28.3. The standard InChI is InChI=1S/C31H36N2O3.C25H31N3O3.C22H25N3O3/c34-30(29(26-15-6-2-7-16-26)27-17-8-3-9-18-27)33(24-12-23-32-21-10-11-22-32)28(31(35)36)20-19-25-13-4-1-5-14-25;1-2-3-16-26-23(29)22-24(30)27-21(18-20-13-8-5-9-14-20)25(31)28(22)17-10-15-19-11-6-4-7-12-19;1-2-13-25-19(20(26)23-15-17-11-7-4-8-12-17)21(27)24-18(22(25)28)14-16-9-5-3-6-10-16/h1-9,13-18,28-29H,10-12,19-24H2,(H,35,36);4-9,11-14,21-22H,2-3,10,15-18H2,1H3,(H,26,29)(H,27,30);3-12,18-19H,2,13-15H2,1H3,(H,23,26)(H,24,27). The van der Waals surface area contributed by atoms with Gasteiger partial charge in [0.05, 0.1) is 5.92 Å². The van der Waals surface area contributed by atoms with Crippen LogP contribution in [0.3, 0.4) is 0 Å². The van der Waals surface area contributed by atoms with Gasteiger partial charge in [-0.05, 0) is 116 Å². The minimum absolute atomic E-state index is 0.144. The molecule has 10 rings (SSSR count). The first-order chi connectivity index (χ1) is 46.3. The Hall–Kier alpha value is -9.74. The number of aryl methyl sites for hydroxylation is 2. The fraction of sp³-hybridized carbons (Fsp3) is 0.359. The number of amides is 7. The summed E-state index contributed by atoms with van der Waals surface area (Å²) in [5.41, 5.74) is 6.87. The van der Waals surface area contributed by atoms with Crippen LogP contribution in [0.5, 0.6) is 0 Å². The summed E-state index contributed by atoms with van der Waals surface area (Å²) >= 11 is 0. The molecule has 0 spiro atoms. The van der Waals surface area contributed by atoms with Crippen LogP contribution in [0.25, 0.3) is 0 Å². The lowest BCUT2D eigenvalue weighted by Crippen LogP contribution is -2.67. The van der Waals surface area contributed by atoms with Gasteiger partial charge >= 0.3 is 5.97 Å². The van der Waals surface area contributed by atoms with Gasteiger partial charge in [0.25, 0.3) is 23.6 Å². The van der Waals surface area contributed by atoms with Crippen LogP contribution in [-0.2, 0) is 70.6 Å². The Bertz CT molecular complexity index is 3470. The summed E-state index contributed by atoms with van der Waals surface area (Å²) in [6.07, 6.45) is 8.88. The number of hydrogen-bond donors (Lipinski definition) is 5. The minimum atomic E-state index is -1.14. The molecule has 95 heavy (non-hydrogen) atoms. The number of benzene rings is 7. The van der Waals surface area contributed by atoms with E-state index in [1.165, 1.54) is 28.2 Å². The van der Waals surface area contributed by atoms with Crippen LogP contribution in [0.2, 0.25) is 0 Å². The van der Waals surface area contributed by atoms with Gasteiger partial charge in [-0.15, -0.1) is 0 Å². The lowest BCUT2D eigenvalue weighted by Gasteiger charge is -2.38. The Morgan fingerprint density at radius 1 is 0.495 bits per heavy atom. The van der Waals surface area contributed by atoms with E-state index in [4.69, 9.17) is 0 Å². The molecule has 5 atom stereocenters. The summed E-state index contributed by atoms with van der Waals surface area (Å²) in [5, 5.41) is 21.4. The molecule has 0 aliphatic carbocycles. The predicted octanol–water partition coefficient (Wildman–Crippen LogP) is 9.34. The van der Waals surface area contributed by atoms with Crippen molar-refractivity contribution in [2.45, 2.75) is 134 Å². The zero-order chi connectivity index (χ0) is 67.2. The van der Waals surface area contributed by atoms with Gasteiger partial charge in [-0.3, -0.25) is 33.6 Å². The van der Waals surface area contributed by atoms with Crippen LogP contribution in [0, 0.1) is 0 Å². The molecule has 17 nitrogen and oxygen atoms in total. The van der Waals surface area contributed by atoms with Crippen LogP contribution < -0.4 is 21.3 Å². The largest absolute Gasteiger partial charge is 0.480 e. The molecular formula is C78H92N8O9. The van der Waals surface area contributed by atoms with E-state index in [0.717, 1.165) is 78.7 Å². The highest BCUT2D eigenvalue weighted by molar-refractivity contribution is 6.11. The number of carbonyl (C=O) groups excluding carboxylic acids is 7. The van der Waals surface area contributed by atoms with E-state index in [2.05, 4.69) is 26.2 Å². The number of carboxylic acids is 1. The molecule has 0 saturated carbocycles. The zero-order valence-electron chi connectivity index (χ0n) is 54.8. The lowest BCUT2D eigenvalue weighted by atomic mass is 9.89. The second-order valence-corrected chi connectivity index (χ2v) is 24.4. The third-order valence-electron chi connectivity index (χ3n) is 17.4. The monoisotopic (exact) mass is 1280 g/mol. The molecule has 3 heterocycles. The summed E-state index contributed by atoms with van der Waals surface area (Å²) in [4.78, 5) is 111. The molecule has 5 N–H and O–H groups in total. The molecule has 5 unspecified atom stereocenters. The van der Waals surface area contributed by atoms with Gasteiger partial charge in [0.15, 0.2) is 12.1 Å². The molecule has 7 aromatic rings. The smallest absolute Gasteiger partial charge is 0.326 e. The third kappa shape index (κ3) is 21.4. The van der Waals surface area contributed by atoms with E-state index in [9.17, 15) is 43.5 Å². The number of carbonyl (C=O) groups is 8. The second kappa shape index (κ2) is 37.8. The van der Waals surface area contributed by atoms with Crippen molar-refractivity contribution in [3.63, 3.8) is 0 Å². The highest BCUT2D eigenvalue weighted by Crippen LogP contribution is 2.29. The highest BCUT2D eigenvalue weighted by atomic mass is 16.4. The summed E-state index contributed by atoms with van der Waals surface area (Å²) in [6, 6.07) is 63.5. The quantitative estimate of drug-likeness (QED) is 0.0221. The van der Waals surface area contributed by atoms with E-state index in [1.807, 2.05) is 226 Å². The molecule has 3 aliphatic rings. The number of rotatable bonds is 29. The van der Waals surface area contributed by atoms with E-state index >= 15 is 0 Å². The Morgan fingerprint density at radius 2 is 0.916 bits per heavy atom. The number of nitrogens with one attached hydrogen (secondary N) is 4. The molecule has 3 aliphatic heterocycles. The molecule has 3 fully saturated rings. The number of aliphatic carboxylic acids is 1. The van der Waals surface area contributed by atoms with Gasteiger partial charge in [0, 0.05) is 45.6 Å². The van der Waals surface area contributed by atoms with Crippen molar-refractivity contribution in [3.8, 4) is 0 Å². The van der Waals surface area contributed by atoms with Crippen molar-refractivity contribution in [3.05, 3.63) is 251 Å². The highest BCUT2D eigenvalue weighted by Gasteiger charge is 2.45. The Balaban J connectivity index is 0.000000184. The van der Waals surface area contributed by atoms with Gasteiger partial charge in [0.1, 0.15) is 18.1 Å². The summed E-state index contributed by atoms with van der Waals surface area (Å²) in [6.45, 7) is 8.97. The summed E-state index contributed by atoms with van der Waals surface area (Å²) < 4.78 is 0. The third-order valence-corrected chi connectivity index (χ3v) is 17.4. The number of hydrogen-bond acceptors (Lipinski definition) is 9. The van der Waals surface area contributed by atoms with Crippen molar-refractivity contribution >= 4 is 47.3 Å². The molecule has 0 radical (unpaired) electrons. The summed E-state index contributed by atoms with van der Waals surface area (Å²) in [7, 11) is 0. The predicted molar refractivity (Wildman–Crippen MR) is 369 cm³/mol. The first-order valence-electron chi connectivity index (χ1n) is 33.7. The molecule has 498 valence electrons. The fourth-order valence-electron chi connectivity index (χ4n) is 12.4. The zero-order valence-corrected chi connectivity index (χ0v) is 54.8. The molecular weight excluding hydrogens is 1190 g/mol. The maximum Gasteiger partial charge on any atom is 0.326 e. The number of carboxylic acid groups (broad SMARTS) is 1. The van der Waals surface area contributed by atoms with E-state index < -0.39 is 65.7 Å². The van der Waals surface area contributed by atoms with Gasteiger partial charge in [-0.1, -0.05) is 233 Å². The van der Waals surface area contributed by atoms with Gasteiger partial charge < -0.3 is 46.0 Å². The molecule has 7 amide bonds. The van der Waals surface area contributed by atoms with E-state index in [1.54, 1.807) is 4.90 Å². The van der Waals surface area contributed by atoms with Crippen molar-refractivity contribution in [2.24, 2.45) is 0 Å². The van der Waals surface area contributed by atoms with Crippen LogP contribution in [-0.4, -0.2) is 148 Å². The van der Waals surface area contributed by atoms with Gasteiger partial charge in [-0.25, -0.2) is 4.79 Å². The number of unbranched alkanes of at least 4 members (excludes halogenated alkanes) is 1. The Morgan fingerprint density at radius 3 is 1.37 bits per heavy atom. The maximum atomic E-state index is 14.3. The SMILES string of the molecule is CCCCNC(=O)C1C(=O)NC(Cc2ccccc2)C(=O)N1CCCc1ccccc1.CCCN1C(=O)C(Cc2ccccc2)NC(=O)C1C(=O)NCc1ccccc1.O=C(O)C(CCc1ccccc1)N(CCCN1CCCC1)C(=O)C(c1ccccc1)c1ccccc1. The second-order valence-electron chi connectivity index (χ2n) is 24.4. The Labute approximate surface area is 559 Å². The van der Waals surface area contributed by atoms with Crippen LogP contribution in [0.4, 0.5) is 0 Å². The van der Waals surface area contributed by atoms with Crippen molar-refractivity contribution in [1.82, 2.24) is 40.9 Å². The maximum absolute atomic E-state index is 14.3. The first kappa shape index (κ1) is 71.1. The van der Waals surface area contributed by atoms with Crippen molar-refractivity contribution < 1.29 is 43.5 Å². The molecule has 17 heteroatoms. The van der Waals surface area contributed by atoms with Gasteiger partial charge in [-0.2, -0.15) is 0 Å².